The van der Waals surface area contributed by atoms with E-state index in [1.165, 1.54) is 0 Å². The Morgan fingerprint density at radius 1 is 1.35 bits per heavy atom. The topological polar surface area (TPSA) is 76.3 Å². The first kappa shape index (κ1) is 12.1. The third-order valence-corrected chi connectivity index (χ3v) is 2.72. The lowest BCUT2D eigenvalue weighted by Crippen LogP contribution is -2.46. The van der Waals surface area contributed by atoms with Gasteiger partial charge < -0.3 is 15.1 Å². The van der Waals surface area contributed by atoms with Gasteiger partial charge in [0.2, 0.25) is 0 Å². The molecule has 1 saturated heterocycles. The zero-order chi connectivity index (χ0) is 12.4. The highest BCUT2D eigenvalue weighted by Gasteiger charge is 2.23. The molecule has 0 radical (unpaired) electrons. The predicted molar refractivity (Wildman–Crippen MR) is 66.8 cm³/mol. The zero-order valence-electron chi connectivity index (χ0n) is 10.5. The number of rotatable bonds is 2. The van der Waals surface area contributed by atoms with Gasteiger partial charge in [0, 0.05) is 19.2 Å². The maximum atomic E-state index is 5.70. The van der Waals surface area contributed by atoms with Crippen molar-refractivity contribution in [3.8, 4) is 0 Å². The van der Waals surface area contributed by atoms with Gasteiger partial charge >= 0.3 is 0 Å². The first-order valence-corrected chi connectivity index (χ1v) is 5.81. The van der Waals surface area contributed by atoms with Crippen LogP contribution in [0.3, 0.4) is 0 Å². The number of hydrogen-bond donors (Lipinski definition) is 2. The quantitative estimate of drug-likeness (QED) is 0.582. The smallest absolute Gasteiger partial charge is 0.145 e. The standard InChI is InChI=1S/C11H19N5O/c1-7-5-16(6-8(2)17-7)11-4-10(15-12)13-9(3)14-11/h4,7-8H,5-6,12H2,1-3H3,(H,13,14,15). The van der Waals surface area contributed by atoms with E-state index >= 15 is 0 Å². The maximum absolute atomic E-state index is 5.70. The number of aryl methyl sites for hydroxylation is 1. The fourth-order valence-corrected chi connectivity index (χ4v) is 2.15. The number of morpholine rings is 1. The Morgan fingerprint density at radius 3 is 2.59 bits per heavy atom. The van der Waals surface area contributed by atoms with Crippen LogP contribution in [0.2, 0.25) is 0 Å². The molecule has 0 aliphatic carbocycles. The van der Waals surface area contributed by atoms with Gasteiger partial charge in [0.1, 0.15) is 17.5 Å². The Balaban J connectivity index is 2.23. The molecule has 1 aromatic heterocycles. The van der Waals surface area contributed by atoms with Crippen molar-refractivity contribution in [2.75, 3.05) is 23.4 Å². The molecule has 1 aromatic rings. The molecule has 6 nitrogen and oxygen atoms in total. The van der Waals surface area contributed by atoms with Crippen LogP contribution in [0.1, 0.15) is 19.7 Å². The minimum Gasteiger partial charge on any atom is -0.372 e. The Hall–Kier alpha value is -1.40. The van der Waals surface area contributed by atoms with Crippen LogP contribution >= 0.6 is 0 Å². The number of nitrogens with two attached hydrogens (primary N) is 1. The highest BCUT2D eigenvalue weighted by Crippen LogP contribution is 2.20. The van der Waals surface area contributed by atoms with E-state index in [0.717, 1.165) is 18.9 Å². The highest BCUT2D eigenvalue weighted by molar-refractivity contribution is 5.49. The molecule has 1 aliphatic heterocycles. The number of ether oxygens (including phenoxy) is 1. The molecule has 0 saturated carbocycles. The van der Waals surface area contributed by atoms with Gasteiger partial charge in [-0.2, -0.15) is 0 Å². The van der Waals surface area contributed by atoms with Gasteiger partial charge in [-0.25, -0.2) is 15.8 Å². The first-order chi connectivity index (χ1) is 8.08. The summed E-state index contributed by atoms with van der Waals surface area (Å²) < 4.78 is 5.70. The van der Waals surface area contributed by atoms with Crippen LogP contribution in [0, 0.1) is 6.92 Å². The summed E-state index contributed by atoms with van der Waals surface area (Å²) in [5.74, 6) is 7.63. The van der Waals surface area contributed by atoms with Crippen molar-refractivity contribution in [3.05, 3.63) is 11.9 Å². The Labute approximate surface area is 101 Å². The first-order valence-electron chi connectivity index (χ1n) is 5.81. The average molecular weight is 237 g/mol. The molecule has 2 atom stereocenters. The summed E-state index contributed by atoms with van der Waals surface area (Å²) in [5.41, 5.74) is 2.56. The molecular weight excluding hydrogens is 218 g/mol. The molecule has 2 unspecified atom stereocenters. The molecule has 0 aromatic carbocycles. The van der Waals surface area contributed by atoms with Crippen molar-refractivity contribution in [1.82, 2.24) is 9.97 Å². The third kappa shape index (κ3) is 2.83. The van der Waals surface area contributed by atoms with Crippen LogP contribution < -0.4 is 16.2 Å². The van der Waals surface area contributed by atoms with Crippen molar-refractivity contribution in [1.29, 1.82) is 0 Å². The highest BCUT2D eigenvalue weighted by atomic mass is 16.5. The van der Waals surface area contributed by atoms with Crippen molar-refractivity contribution in [2.24, 2.45) is 5.84 Å². The largest absolute Gasteiger partial charge is 0.372 e. The molecule has 3 N–H and O–H groups in total. The van der Waals surface area contributed by atoms with E-state index in [9.17, 15) is 0 Å². The van der Waals surface area contributed by atoms with Crippen LogP contribution in [0.25, 0.3) is 0 Å². The number of nitrogens with one attached hydrogen (secondary N) is 1. The minimum absolute atomic E-state index is 0.211. The number of hydrogen-bond acceptors (Lipinski definition) is 6. The predicted octanol–water partition coefficient (Wildman–Crippen LogP) is 0.684. The van der Waals surface area contributed by atoms with Gasteiger partial charge in [0.25, 0.3) is 0 Å². The molecular formula is C11H19N5O. The van der Waals surface area contributed by atoms with Gasteiger partial charge in [-0.3, -0.25) is 0 Å². The summed E-state index contributed by atoms with van der Waals surface area (Å²) in [5, 5.41) is 0. The van der Waals surface area contributed by atoms with E-state index in [1.807, 2.05) is 13.0 Å². The summed E-state index contributed by atoms with van der Waals surface area (Å²) in [6.07, 6.45) is 0.423. The fourth-order valence-electron chi connectivity index (χ4n) is 2.15. The molecule has 17 heavy (non-hydrogen) atoms. The number of anilines is 2. The van der Waals surface area contributed by atoms with E-state index < -0.39 is 0 Å². The lowest BCUT2D eigenvalue weighted by molar-refractivity contribution is -0.00547. The third-order valence-electron chi connectivity index (χ3n) is 2.72. The van der Waals surface area contributed by atoms with Crippen molar-refractivity contribution in [3.63, 3.8) is 0 Å². The van der Waals surface area contributed by atoms with Gasteiger partial charge in [0.05, 0.1) is 12.2 Å². The second-order valence-corrected chi connectivity index (χ2v) is 4.47. The number of nitrogen functional groups attached to an aromatic ring is 1. The Bertz CT molecular complexity index is 387. The Morgan fingerprint density at radius 2 is 2.00 bits per heavy atom. The normalized spacial score (nSPS) is 24.8. The van der Waals surface area contributed by atoms with Crippen LogP contribution in [0.4, 0.5) is 11.6 Å². The number of nitrogens with zero attached hydrogens (tertiary/aromatic N) is 3. The monoisotopic (exact) mass is 237 g/mol. The van der Waals surface area contributed by atoms with Gasteiger partial charge in [-0.05, 0) is 20.8 Å². The van der Waals surface area contributed by atoms with Crippen molar-refractivity contribution < 1.29 is 4.74 Å². The molecule has 1 fully saturated rings. The average Bonchev–Trinajstić information content (AvgIpc) is 2.26. The van der Waals surface area contributed by atoms with Crippen LogP contribution in [0.5, 0.6) is 0 Å². The summed E-state index contributed by atoms with van der Waals surface area (Å²) in [6.45, 7) is 7.67. The van der Waals surface area contributed by atoms with E-state index in [0.29, 0.717) is 11.6 Å². The lowest BCUT2D eigenvalue weighted by Gasteiger charge is -2.36. The second-order valence-electron chi connectivity index (χ2n) is 4.47. The lowest BCUT2D eigenvalue weighted by atomic mass is 10.2. The SMILES string of the molecule is Cc1nc(NN)cc(N2CC(C)OC(C)C2)n1. The Kier molecular flexibility index (Phi) is 3.44. The van der Waals surface area contributed by atoms with Crippen LogP contribution in [-0.2, 0) is 4.74 Å². The molecule has 6 heteroatoms. The summed E-state index contributed by atoms with van der Waals surface area (Å²) in [7, 11) is 0. The van der Waals surface area contributed by atoms with E-state index in [1.54, 1.807) is 0 Å². The van der Waals surface area contributed by atoms with E-state index in [4.69, 9.17) is 10.6 Å². The van der Waals surface area contributed by atoms with E-state index in [2.05, 4.69) is 34.1 Å². The van der Waals surface area contributed by atoms with Crippen LogP contribution in [-0.4, -0.2) is 35.3 Å². The number of hydrazine groups is 1. The van der Waals surface area contributed by atoms with Crippen molar-refractivity contribution >= 4 is 11.6 Å². The van der Waals surface area contributed by atoms with Gasteiger partial charge in [0.15, 0.2) is 0 Å². The molecule has 0 amide bonds. The van der Waals surface area contributed by atoms with Crippen LogP contribution in [0.15, 0.2) is 6.07 Å². The maximum Gasteiger partial charge on any atom is 0.145 e. The molecule has 0 spiro atoms. The van der Waals surface area contributed by atoms with Gasteiger partial charge in [-0.1, -0.05) is 0 Å². The number of aromatic nitrogens is 2. The zero-order valence-corrected chi connectivity index (χ0v) is 10.5. The molecule has 94 valence electrons. The summed E-state index contributed by atoms with van der Waals surface area (Å²) in [4.78, 5) is 10.8. The van der Waals surface area contributed by atoms with Crippen molar-refractivity contribution in [2.45, 2.75) is 33.0 Å². The molecule has 2 rings (SSSR count). The van der Waals surface area contributed by atoms with E-state index in [-0.39, 0.29) is 12.2 Å². The fraction of sp³-hybridized carbons (Fsp3) is 0.636. The molecule has 1 aliphatic rings. The van der Waals surface area contributed by atoms with Gasteiger partial charge in [-0.15, -0.1) is 0 Å². The summed E-state index contributed by atoms with van der Waals surface area (Å²) in [6, 6.07) is 1.86. The summed E-state index contributed by atoms with van der Waals surface area (Å²) >= 11 is 0. The molecule has 2 heterocycles. The minimum atomic E-state index is 0.211. The second kappa shape index (κ2) is 4.85. The molecule has 0 bridgehead atoms.